The first-order valence-electron chi connectivity index (χ1n) is 11.2. The number of aryl methyl sites for hydroxylation is 3. The minimum atomic E-state index is -1.05. The van der Waals surface area contributed by atoms with Gasteiger partial charge in [-0.1, -0.05) is 28.1 Å². The van der Waals surface area contributed by atoms with E-state index in [4.69, 9.17) is 15.1 Å². The van der Waals surface area contributed by atoms with Crippen molar-refractivity contribution in [3.05, 3.63) is 75.2 Å². The Hall–Kier alpha value is -3.63. The van der Waals surface area contributed by atoms with E-state index in [9.17, 15) is 9.90 Å². The first-order chi connectivity index (χ1) is 16.7. The van der Waals surface area contributed by atoms with Crippen LogP contribution in [-0.2, 0) is 13.1 Å². The largest absolute Gasteiger partial charge is 0.460 e. The second-order valence-electron chi connectivity index (χ2n) is 8.48. The Labute approximate surface area is 209 Å². The van der Waals surface area contributed by atoms with Crippen molar-refractivity contribution in [3.8, 4) is 0 Å². The summed E-state index contributed by atoms with van der Waals surface area (Å²) in [6, 6.07) is 13.3. The molecule has 180 valence electrons. The van der Waals surface area contributed by atoms with E-state index in [2.05, 4.69) is 26.3 Å². The van der Waals surface area contributed by atoms with Gasteiger partial charge in [-0.05, 0) is 56.7 Å². The lowest BCUT2D eigenvalue weighted by atomic mass is 10.1. The summed E-state index contributed by atoms with van der Waals surface area (Å²) < 4.78 is 10.6. The van der Waals surface area contributed by atoms with Gasteiger partial charge in [0, 0.05) is 16.4 Å². The fourth-order valence-electron chi connectivity index (χ4n) is 4.40. The topological polar surface area (TPSA) is 124 Å². The molecular formula is C25H25BrN6O3. The number of anilines is 1. The Morgan fingerprint density at radius 2 is 1.97 bits per heavy atom. The van der Waals surface area contributed by atoms with Crippen molar-refractivity contribution in [1.82, 2.24) is 19.3 Å². The van der Waals surface area contributed by atoms with E-state index in [0.29, 0.717) is 41.6 Å². The molecule has 10 heteroatoms. The van der Waals surface area contributed by atoms with E-state index < -0.39 is 12.1 Å². The Bertz CT molecular complexity index is 1560. The predicted octanol–water partition coefficient (Wildman–Crippen LogP) is 4.63. The second kappa shape index (κ2) is 8.86. The highest BCUT2D eigenvalue weighted by Crippen LogP contribution is 2.34. The summed E-state index contributed by atoms with van der Waals surface area (Å²) >= 11 is 3.48. The summed E-state index contributed by atoms with van der Waals surface area (Å²) in [5, 5.41) is 19.4. The molecule has 0 saturated carbocycles. The highest BCUT2D eigenvalue weighted by molar-refractivity contribution is 9.10. The summed E-state index contributed by atoms with van der Waals surface area (Å²) in [6.07, 6.45) is -1.05. The number of carbonyl (C=O) groups excluding carboxylic acids is 1. The first-order valence-corrected chi connectivity index (χ1v) is 12.0. The quantitative estimate of drug-likeness (QED) is 0.260. The summed E-state index contributed by atoms with van der Waals surface area (Å²) in [6.45, 7) is 6.76. The number of aromatic nitrogens is 4. The van der Waals surface area contributed by atoms with E-state index >= 15 is 0 Å². The number of nitrogens with one attached hydrogen (secondary N) is 1. The zero-order valence-corrected chi connectivity index (χ0v) is 21.1. The van der Waals surface area contributed by atoms with Crippen LogP contribution in [0.2, 0.25) is 0 Å². The number of fused-ring (bicyclic) bond motifs is 3. The molecule has 0 fully saturated rings. The molecule has 2 aromatic carbocycles. The van der Waals surface area contributed by atoms with Crippen LogP contribution in [0.3, 0.4) is 0 Å². The third-order valence-electron chi connectivity index (χ3n) is 5.93. The maximum absolute atomic E-state index is 12.2. The molecule has 1 atom stereocenters. The second-order valence-corrected chi connectivity index (χ2v) is 9.39. The lowest BCUT2D eigenvalue weighted by Crippen LogP contribution is -2.18. The number of hydrogen-bond acceptors (Lipinski definition) is 6. The Morgan fingerprint density at radius 3 is 2.66 bits per heavy atom. The van der Waals surface area contributed by atoms with Crippen LogP contribution in [0.4, 0.5) is 5.95 Å². The number of aliphatic hydroxyl groups is 1. The van der Waals surface area contributed by atoms with E-state index in [-0.39, 0.29) is 5.56 Å². The molecular weight excluding hydrogens is 512 g/mol. The summed E-state index contributed by atoms with van der Waals surface area (Å²) in [4.78, 5) is 16.9. The normalized spacial score (nSPS) is 12.5. The van der Waals surface area contributed by atoms with Gasteiger partial charge in [-0.25, -0.2) is 4.98 Å². The third-order valence-corrected chi connectivity index (χ3v) is 6.46. The zero-order chi connectivity index (χ0) is 24.9. The van der Waals surface area contributed by atoms with Gasteiger partial charge in [0.1, 0.15) is 11.3 Å². The number of rotatable bonds is 7. The predicted molar refractivity (Wildman–Crippen MR) is 137 cm³/mol. The van der Waals surface area contributed by atoms with E-state index in [1.807, 2.05) is 61.7 Å². The van der Waals surface area contributed by atoms with Gasteiger partial charge in [0.05, 0.1) is 34.5 Å². The van der Waals surface area contributed by atoms with Crippen LogP contribution in [-0.4, -0.2) is 30.3 Å². The highest BCUT2D eigenvalue weighted by Gasteiger charge is 2.23. The lowest BCUT2D eigenvalue weighted by molar-refractivity contribution is 0.100. The number of nitrogens with two attached hydrogens (primary N) is 1. The van der Waals surface area contributed by atoms with Gasteiger partial charge in [0.15, 0.2) is 6.23 Å². The number of nitrogens with zero attached hydrogens (tertiary/aromatic N) is 4. The van der Waals surface area contributed by atoms with Crippen LogP contribution in [0, 0.1) is 13.8 Å². The number of aliphatic hydroxyl groups excluding tert-OH is 1. The molecule has 0 saturated heterocycles. The molecule has 0 bridgehead atoms. The van der Waals surface area contributed by atoms with Crippen molar-refractivity contribution >= 4 is 49.8 Å². The minimum Gasteiger partial charge on any atom is -0.460 e. The number of furan rings is 1. The van der Waals surface area contributed by atoms with Crippen LogP contribution in [0.5, 0.6) is 0 Å². The molecule has 5 rings (SSSR count). The van der Waals surface area contributed by atoms with E-state index in [1.54, 1.807) is 10.7 Å². The minimum absolute atomic E-state index is 0.265. The fraction of sp³-hybridized carbons (Fsp3) is 0.240. The van der Waals surface area contributed by atoms with Crippen LogP contribution in [0.25, 0.3) is 22.0 Å². The van der Waals surface area contributed by atoms with Crippen molar-refractivity contribution < 1.29 is 14.3 Å². The van der Waals surface area contributed by atoms with Crippen LogP contribution in [0.15, 0.2) is 51.4 Å². The maximum Gasteiger partial charge on any atom is 0.252 e. The van der Waals surface area contributed by atoms with E-state index in [0.717, 1.165) is 26.6 Å². The van der Waals surface area contributed by atoms with Gasteiger partial charge < -0.3 is 25.1 Å². The summed E-state index contributed by atoms with van der Waals surface area (Å²) in [7, 11) is 0. The lowest BCUT2D eigenvalue weighted by Gasteiger charge is -2.17. The Balaban J connectivity index is 1.70. The van der Waals surface area contributed by atoms with Gasteiger partial charge >= 0.3 is 0 Å². The molecule has 3 aromatic heterocycles. The molecule has 0 aliphatic rings. The average Bonchev–Trinajstić information content (AvgIpc) is 3.48. The van der Waals surface area contributed by atoms with Gasteiger partial charge in [0.2, 0.25) is 5.95 Å². The Kier molecular flexibility index (Phi) is 5.86. The summed E-state index contributed by atoms with van der Waals surface area (Å²) in [5.41, 5.74) is 10.2. The number of hydrogen-bond donors (Lipinski definition) is 3. The van der Waals surface area contributed by atoms with Crippen molar-refractivity contribution in [1.29, 1.82) is 0 Å². The van der Waals surface area contributed by atoms with Crippen molar-refractivity contribution in [2.45, 2.75) is 40.1 Å². The molecule has 5 aromatic rings. The van der Waals surface area contributed by atoms with Crippen molar-refractivity contribution in [3.63, 3.8) is 0 Å². The van der Waals surface area contributed by atoms with Crippen LogP contribution < -0.4 is 11.1 Å². The fourth-order valence-corrected chi connectivity index (χ4v) is 4.67. The van der Waals surface area contributed by atoms with Crippen molar-refractivity contribution in [2.75, 3.05) is 5.32 Å². The molecule has 0 spiro atoms. The van der Waals surface area contributed by atoms with E-state index in [1.165, 1.54) is 0 Å². The SMILES string of the molecule is CCn1nc(C)cc1C(O)Nc1nc2cc(C(N)=O)c3oc(C)cc3c2n1Cc1ccc(Br)cc1. The Morgan fingerprint density at radius 1 is 1.23 bits per heavy atom. The molecule has 0 aliphatic heterocycles. The number of benzene rings is 2. The molecule has 1 unspecified atom stereocenters. The monoisotopic (exact) mass is 536 g/mol. The summed E-state index contributed by atoms with van der Waals surface area (Å²) in [5.74, 6) is 0.507. The van der Waals surface area contributed by atoms with Gasteiger partial charge in [0.25, 0.3) is 5.91 Å². The number of halogens is 1. The van der Waals surface area contributed by atoms with Crippen LogP contribution in [0.1, 0.15) is 46.2 Å². The number of carbonyl (C=O) groups is 1. The standard InChI is InChI=1S/C25H25BrN6O3/c1-4-32-20(9-13(2)30-32)24(34)29-25-28-19-11-18(23(27)33)22-17(10-14(3)35-22)21(19)31(25)12-15-5-7-16(26)8-6-15/h5-11,24,34H,4,12H2,1-3H3,(H2,27,33)(H,28,29). The zero-order valence-electron chi connectivity index (χ0n) is 19.5. The van der Waals surface area contributed by atoms with Crippen LogP contribution >= 0.6 is 15.9 Å². The molecule has 35 heavy (non-hydrogen) atoms. The molecule has 3 heterocycles. The maximum atomic E-state index is 12.2. The highest BCUT2D eigenvalue weighted by atomic mass is 79.9. The molecule has 0 aliphatic carbocycles. The smallest absolute Gasteiger partial charge is 0.252 e. The van der Waals surface area contributed by atoms with Gasteiger partial charge in [-0.3, -0.25) is 9.48 Å². The molecule has 4 N–H and O–H groups in total. The number of primary amides is 1. The number of imidazole rings is 1. The number of amides is 1. The molecule has 1 amide bonds. The third kappa shape index (κ3) is 4.19. The molecule has 9 nitrogen and oxygen atoms in total. The van der Waals surface area contributed by atoms with Crippen molar-refractivity contribution in [2.24, 2.45) is 5.73 Å². The average molecular weight is 537 g/mol. The van der Waals surface area contributed by atoms with Gasteiger partial charge in [-0.15, -0.1) is 0 Å². The van der Waals surface area contributed by atoms with Gasteiger partial charge in [-0.2, -0.15) is 5.10 Å². The molecule has 0 radical (unpaired) electrons. The first kappa shape index (κ1) is 23.1.